The van der Waals surface area contributed by atoms with Crippen LogP contribution in [0.3, 0.4) is 0 Å². The minimum Gasteiger partial charge on any atom is -0.394 e. The Labute approximate surface area is 167 Å². The van der Waals surface area contributed by atoms with Gasteiger partial charge in [-0.25, -0.2) is 0 Å². The molecule has 5 nitrogen and oxygen atoms in total. The Morgan fingerprint density at radius 1 is 1.14 bits per heavy atom. The summed E-state index contributed by atoms with van der Waals surface area (Å²) in [6.07, 6.45) is 8.79. The summed E-state index contributed by atoms with van der Waals surface area (Å²) in [5.41, 5.74) is -0.281. The zero-order valence-electron chi connectivity index (χ0n) is 17.2. The van der Waals surface area contributed by atoms with Crippen molar-refractivity contribution in [2.75, 3.05) is 19.8 Å². The summed E-state index contributed by atoms with van der Waals surface area (Å²) in [4.78, 5) is 24.8. The molecular formula is C23H34O5. The fourth-order valence-corrected chi connectivity index (χ4v) is 7.38. The topological polar surface area (TPSA) is 83.8 Å². The number of ether oxygens (including phenoxy) is 1. The number of aliphatic hydroxyl groups is 2. The summed E-state index contributed by atoms with van der Waals surface area (Å²) in [5, 5.41) is 20.4. The van der Waals surface area contributed by atoms with E-state index in [0.29, 0.717) is 30.6 Å². The van der Waals surface area contributed by atoms with E-state index in [1.165, 1.54) is 5.57 Å². The molecule has 0 aliphatic heterocycles. The van der Waals surface area contributed by atoms with Crippen LogP contribution in [0, 0.1) is 28.6 Å². The summed E-state index contributed by atoms with van der Waals surface area (Å²) in [6, 6.07) is 0. The van der Waals surface area contributed by atoms with Gasteiger partial charge in [0.2, 0.25) is 0 Å². The number of allylic oxidation sites excluding steroid dienone is 1. The highest BCUT2D eigenvalue weighted by Crippen LogP contribution is 2.67. The van der Waals surface area contributed by atoms with Crippen LogP contribution in [-0.4, -0.2) is 47.2 Å². The predicted octanol–water partition coefficient (Wildman–Crippen LogP) is 2.83. The zero-order chi connectivity index (χ0) is 20.2. The molecule has 28 heavy (non-hydrogen) atoms. The average Bonchev–Trinajstić information content (AvgIpc) is 2.95. The van der Waals surface area contributed by atoms with E-state index in [1.54, 1.807) is 0 Å². The van der Waals surface area contributed by atoms with Crippen LogP contribution < -0.4 is 0 Å². The number of fused-ring (bicyclic) bond motifs is 5. The SMILES string of the molecule is C[C@]12CCC(=O)C=C1CC[C@@H]1[C@@H]2CC[C@@]2(C)[C@H]1CC[C@]2(O)C(=O)COCCO. The molecule has 0 aromatic rings. The first-order chi connectivity index (χ1) is 13.3. The average molecular weight is 391 g/mol. The van der Waals surface area contributed by atoms with Gasteiger partial charge in [0.1, 0.15) is 12.2 Å². The first kappa shape index (κ1) is 20.2. The van der Waals surface area contributed by atoms with Crippen LogP contribution in [0.1, 0.15) is 65.2 Å². The summed E-state index contributed by atoms with van der Waals surface area (Å²) in [7, 11) is 0. The molecule has 0 spiro atoms. The molecule has 2 N–H and O–H groups in total. The number of carbonyl (C=O) groups is 2. The Bertz CT molecular complexity index is 699. The van der Waals surface area contributed by atoms with Crippen LogP contribution in [0.5, 0.6) is 0 Å². The maximum absolute atomic E-state index is 12.9. The van der Waals surface area contributed by atoms with Crippen molar-refractivity contribution >= 4 is 11.6 Å². The van der Waals surface area contributed by atoms with Gasteiger partial charge in [-0.3, -0.25) is 9.59 Å². The Balaban J connectivity index is 1.58. The molecule has 0 radical (unpaired) electrons. The van der Waals surface area contributed by atoms with Crippen molar-refractivity contribution in [3.05, 3.63) is 11.6 Å². The lowest BCUT2D eigenvalue weighted by Gasteiger charge is -2.58. The van der Waals surface area contributed by atoms with Crippen molar-refractivity contribution < 1.29 is 24.5 Å². The maximum Gasteiger partial charge on any atom is 0.190 e. The molecule has 0 unspecified atom stereocenters. The highest BCUT2D eigenvalue weighted by atomic mass is 16.5. The third-order valence-corrected chi connectivity index (χ3v) is 9.04. The van der Waals surface area contributed by atoms with Crippen LogP contribution in [0.2, 0.25) is 0 Å². The van der Waals surface area contributed by atoms with Crippen molar-refractivity contribution in [3.8, 4) is 0 Å². The Morgan fingerprint density at radius 2 is 1.89 bits per heavy atom. The Kier molecular flexibility index (Phi) is 5.08. The van der Waals surface area contributed by atoms with Crippen LogP contribution >= 0.6 is 0 Å². The minimum absolute atomic E-state index is 0.104. The van der Waals surface area contributed by atoms with Gasteiger partial charge in [0.25, 0.3) is 0 Å². The van der Waals surface area contributed by atoms with E-state index < -0.39 is 11.0 Å². The third kappa shape index (κ3) is 2.77. The molecule has 0 aromatic heterocycles. The lowest BCUT2D eigenvalue weighted by atomic mass is 9.46. The highest BCUT2D eigenvalue weighted by Gasteiger charge is 2.66. The van der Waals surface area contributed by atoms with Crippen molar-refractivity contribution in [3.63, 3.8) is 0 Å². The van der Waals surface area contributed by atoms with Crippen LogP contribution in [0.25, 0.3) is 0 Å². The second-order valence-electron chi connectivity index (χ2n) is 10.0. The van der Waals surface area contributed by atoms with Gasteiger partial charge < -0.3 is 14.9 Å². The van der Waals surface area contributed by atoms with Gasteiger partial charge in [-0.05, 0) is 74.2 Å². The molecule has 0 heterocycles. The predicted molar refractivity (Wildman–Crippen MR) is 105 cm³/mol. The summed E-state index contributed by atoms with van der Waals surface area (Å²) < 4.78 is 5.25. The summed E-state index contributed by atoms with van der Waals surface area (Å²) >= 11 is 0. The van der Waals surface area contributed by atoms with Gasteiger partial charge in [0, 0.05) is 11.8 Å². The summed E-state index contributed by atoms with van der Waals surface area (Å²) in [5.74, 6) is 1.44. The molecule has 0 aromatic carbocycles. The molecule has 0 bridgehead atoms. The molecule has 0 amide bonds. The Hall–Kier alpha value is -1.04. The number of hydrogen-bond donors (Lipinski definition) is 2. The second-order valence-corrected chi connectivity index (χ2v) is 10.0. The Morgan fingerprint density at radius 3 is 2.64 bits per heavy atom. The molecule has 3 fully saturated rings. The first-order valence-corrected chi connectivity index (χ1v) is 10.9. The second kappa shape index (κ2) is 7.03. The van der Waals surface area contributed by atoms with E-state index >= 15 is 0 Å². The largest absolute Gasteiger partial charge is 0.394 e. The normalized spacial score (nSPS) is 45.1. The first-order valence-electron chi connectivity index (χ1n) is 10.9. The van der Waals surface area contributed by atoms with E-state index in [4.69, 9.17) is 9.84 Å². The van der Waals surface area contributed by atoms with E-state index in [9.17, 15) is 14.7 Å². The van der Waals surface area contributed by atoms with Crippen LogP contribution in [0.4, 0.5) is 0 Å². The van der Waals surface area contributed by atoms with Crippen LogP contribution in [0.15, 0.2) is 11.6 Å². The molecule has 3 saturated carbocycles. The van der Waals surface area contributed by atoms with Crippen molar-refractivity contribution in [1.82, 2.24) is 0 Å². The van der Waals surface area contributed by atoms with Gasteiger partial charge in [-0.15, -0.1) is 0 Å². The molecule has 4 rings (SSSR count). The number of Topliss-reactive ketones (excluding diaryl/α,β-unsaturated/α-hetero) is 1. The number of rotatable bonds is 5. The molecule has 6 atom stereocenters. The van der Waals surface area contributed by atoms with Gasteiger partial charge in [-0.1, -0.05) is 19.4 Å². The quantitative estimate of drug-likeness (QED) is 0.705. The highest BCUT2D eigenvalue weighted by molar-refractivity contribution is 5.91. The number of hydrogen-bond acceptors (Lipinski definition) is 5. The van der Waals surface area contributed by atoms with E-state index in [1.807, 2.05) is 6.08 Å². The number of aliphatic hydroxyl groups excluding tert-OH is 1. The molecule has 5 heteroatoms. The molecule has 4 aliphatic rings. The van der Waals surface area contributed by atoms with Crippen LogP contribution in [-0.2, 0) is 14.3 Å². The number of ketones is 2. The fraction of sp³-hybridized carbons (Fsp3) is 0.826. The van der Waals surface area contributed by atoms with Crippen molar-refractivity contribution in [2.24, 2.45) is 28.6 Å². The lowest BCUT2D eigenvalue weighted by Crippen LogP contribution is -2.58. The fourth-order valence-electron chi connectivity index (χ4n) is 7.38. The van der Waals surface area contributed by atoms with Crippen molar-refractivity contribution in [2.45, 2.75) is 70.8 Å². The van der Waals surface area contributed by atoms with E-state index in [-0.39, 0.29) is 36.8 Å². The lowest BCUT2D eigenvalue weighted by molar-refractivity contribution is -0.166. The standard InChI is InChI=1S/C23H34O5/c1-21-8-5-16(25)13-15(21)3-4-17-18(21)6-9-22(2)19(17)7-10-23(22,27)20(26)14-28-12-11-24/h13,17-19,24,27H,3-12,14H2,1-2H3/t17-,18+,19+,21+,22+,23+/m1/s1. The van der Waals surface area contributed by atoms with Gasteiger partial charge >= 0.3 is 0 Å². The smallest absolute Gasteiger partial charge is 0.190 e. The minimum atomic E-state index is -1.32. The zero-order valence-corrected chi connectivity index (χ0v) is 17.2. The maximum atomic E-state index is 12.9. The molecular weight excluding hydrogens is 356 g/mol. The third-order valence-electron chi connectivity index (χ3n) is 9.04. The van der Waals surface area contributed by atoms with Gasteiger partial charge in [-0.2, -0.15) is 0 Å². The molecule has 4 aliphatic carbocycles. The van der Waals surface area contributed by atoms with E-state index in [0.717, 1.165) is 38.5 Å². The van der Waals surface area contributed by atoms with Crippen molar-refractivity contribution in [1.29, 1.82) is 0 Å². The summed E-state index contributed by atoms with van der Waals surface area (Å²) in [6.45, 7) is 4.34. The van der Waals surface area contributed by atoms with Gasteiger partial charge in [0.05, 0.1) is 13.2 Å². The van der Waals surface area contributed by atoms with Gasteiger partial charge in [0.15, 0.2) is 11.6 Å². The molecule has 156 valence electrons. The number of carbonyl (C=O) groups excluding carboxylic acids is 2. The van der Waals surface area contributed by atoms with E-state index in [2.05, 4.69) is 13.8 Å². The molecule has 0 saturated heterocycles. The monoisotopic (exact) mass is 390 g/mol.